The lowest BCUT2D eigenvalue weighted by Crippen LogP contribution is -2.37. The lowest BCUT2D eigenvalue weighted by Gasteiger charge is -2.26. The summed E-state index contributed by atoms with van der Waals surface area (Å²) in [4.78, 5) is 24.0. The zero-order valence-electron chi connectivity index (χ0n) is 14.6. The second kappa shape index (κ2) is 6.65. The van der Waals surface area contributed by atoms with Crippen LogP contribution in [0, 0.1) is 0 Å². The first-order valence-electron chi connectivity index (χ1n) is 7.88. The Labute approximate surface area is 155 Å². The largest absolute Gasteiger partial charge is 0.294 e. The van der Waals surface area contributed by atoms with E-state index in [1.807, 2.05) is 20.8 Å². The summed E-state index contributed by atoms with van der Waals surface area (Å²) >= 11 is 1.11. The van der Waals surface area contributed by atoms with E-state index in [1.165, 1.54) is 16.0 Å². The second-order valence-corrected chi connectivity index (χ2v) is 9.90. The second-order valence-electron chi connectivity index (χ2n) is 6.93. The van der Waals surface area contributed by atoms with Gasteiger partial charge in [0.25, 0.3) is 15.9 Å². The molecule has 2 aromatic heterocycles. The molecule has 0 spiro atoms. The predicted octanol–water partition coefficient (Wildman–Crippen LogP) is 1.10. The van der Waals surface area contributed by atoms with Crippen molar-refractivity contribution < 1.29 is 18.4 Å². The van der Waals surface area contributed by atoms with Crippen LogP contribution in [0.15, 0.2) is 15.9 Å². The van der Waals surface area contributed by atoms with E-state index in [1.54, 1.807) is 5.38 Å². The molecule has 2 N–H and O–H groups in total. The van der Waals surface area contributed by atoms with E-state index < -0.39 is 15.9 Å². The zero-order valence-corrected chi connectivity index (χ0v) is 16.2. The third kappa shape index (κ3) is 3.47. The monoisotopic (exact) mass is 397 g/mol. The van der Waals surface area contributed by atoms with Gasteiger partial charge in [-0.25, -0.2) is 23.9 Å². The summed E-state index contributed by atoms with van der Waals surface area (Å²) in [5, 5.41) is 10.4. The minimum absolute atomic E-state index is 0.0164. The highest BCUT2D eigenvalue weighted by molar-refractivity contribution is 7.91. The molecule has 1 amide bonds. The number of carbonyl (C=O) groups excluding carboxylic acids is 1. The fourth-order valence-electron chi connectivity index (χ4n) is 2.46. The highest BCUT2D eigenvalue weighted by atomic mass is 32.2. The zero-order chi connectivity index (χ0) is 19.1. The van der Waals surface area contributed by atoms with Gasteiger partial charge in [-0.15, -0.1) is 11.3 Å². The molecule has 1 aliphatic rings. The minimum Gasteiger partial charge on any atom is -0.288 e. The maximum absolute atomic E-state index is 12.9. The molecule has 0 saturated heterocycles. The van der Waals surface area contributed by atoms with Crippen molar-refractivity contribution in [3.63, 3.8) is 0 Å². The Morgan fingerprint density at radius 3 is 2.65 bits per heavy atom. The van der Waals surface area contributed by atoms with Crippen LogP contribution in [0.25, 0.3) is 0 Å². The van der Waals surface area contributed by atoms with Crippen LogP contribution in [0.1, 0.15) is 48.3 Å². The molecule has 0 aromatic carbocycles. The summed E-state index contributed by atoms with van der Waals surface area (Å²) < 4.78 is 27.2. The molecule has 0 atom stereocenters. The first-order valence-corrected chi connectivity index (χ1v) is 10.2. The molecule has 9 nitrogen and oxygen atoms in total. The number of aromatic nitrogens is 3. The number of nitrogens with zero attached hydrogens (tertiary/aromatic N) is 4. The normalized spacial score (nSPS) is 15.5. The average Bonchev–Trinajstić information content (AvgIpc) is 3.11. The van der Waals surface area contributed by atoms with E-state index in [2.05, 4.69) is 15.0 Å². The number of rotatable bonds is 3. The molecule has 0 radical (unpaired) electrons. The third-order valence-electron chi connectivity index (χ3n) is 4.00. The van der Waals surface area contributed by atoms with Crippen LogP contribution in [0.3, 0.4) is 0 Å². The van der Waals surface area contributed by atoms with E-state index >= 15 is 0 Å². The molecule has 0 saturated carbocycles. The Bertz CT molecular complexity index is 949. The van der Waals surface area contributed by atoms with Crippen LogP contribution >= 0.6 is 11.3 Å². The number of carbonyl (C=O) groups is 1. The molecule has 0 bridgehead atoms. The van der Waals surface area contributed by atoms with Crippen molar-refractivity contribution in [3.8, 4) is 0 Å². The molecular weight excluding hydrogens is 378 g/mol. The summed E-state index contributed by atoms with van der Waals surface area (Å²) in [7, 11) is -3.72. The van der Waals surface area contributed by atoms with Crippen molar-refractivity contribution in [3.05, 3.63) is 34.4 Å². The van der Waals surface area contributed by atoms with E-state index in [9.17, 15) is 13.2 Å². The van der Waals surface area contributed by atoms with Gasteiger partial charge >= 0.3 is 0 Å². The van der Waals surface area contributed by atoms with E-state index in [0.29, 0.717) is 17.8 Å². The number of sulfonamides is 1. The predicted molar refractivity (Wildman–Crippen MR) is 93.4 cm³/mol. The van der Waals surface area contributed by atoms with Gasteiger partial charge in [-0.2, -0.15) is 4.31 Å². The van der Waals surface area contributed by atoms with Crippen LogP contribution in [0.2, 0.25) is 0 Å². The molecule has 1 aliphatic heterocycles. The summed E-state index contributed by atoms with van der Waals surface area (Å²) in [5.74, 6) is -0.757. The van der Waals surface area contributed by atoms with Crippen LogP contribution < -0.4 is 5.48 Å². The molecule has 11 heteroatoms. The Balaban J connectivity index is 1.86. The Morgan fingerprint density at radius 1 is 1.31 bits per heavy atom. The Hall–Kier alpha value is -1.95. The van der Waals surface area contributed by atoms with Crippen molar-refractivity contribution in [2.24, 2.45) is 0 Å². The Morgan fingerprint density at radius 2 is 2.04 bits per heavy atom. The van der Waals surface area contributed by atoms with Crippen LogP contribution in [-0.4, -0.2) is 45.3 Å². The molecule has 3 heterocycles. The SMILES string of the molecule is CC(C)(C)c1csc(S(=O)(=O)N2CCc3nc(C(=O)NO)cnc3C2)n1. The van der Waals surface area contributed by atoms with Gasteiger partial charge in [-0.3, -0.25) is 15.0 Å². The maximum atomic E-state index is 12.9. The third-order valence-corrected chi connectivity index (χ3v) is 7.08. The van der Waals surface area contributed by atoms with Gasteiger partial charge in [0.05, 0.1) is 29.8 Å². The first-order chi connectivity index (χ1) is 12.1. The van der Waals surface area contributed by atoms with Gasteiger partial charge < -0.3 is 0 Å². The highest BCUT2D eigenvalue weighted by Crippen LogP contribution is 2.29. The molecular formula is C15H19N5O4S2. The van der Waals surface area contributed by atoms with Gasteiger partial charge in [0.15, 0.2) is 0 Å². The lowest BCUT2D eigenvalue weighted by atomic mass is 9.93. The fraction of sp³-hybridized carbons (Fsp3) is 0.467. The van der Waals surface area contributed by atoms with Crippen molar-refractivity contribution in [1.82, 2.24) is 24.7 Å². The molecule has 140 valence electrons. The van der Waals surface area contributed by atoms with Gasteiger partial charge in [0, 0.05) is 23.8 Å². The molecule has 0 fully saturated rings. The highest BCUT2D eigenvalue weighted by Gasteiger charge is 2.33. The van der Waals surface area contributed by atoms with Crippen LogP contribution in [0.4, 0.5) is 0 Å². The molecule has 26 heavy (non-hydrogen) atoms. The van der Waals surface area contributed by atoms with Crippen molar-refractivity contribution >= 4 is 27.3 Å². The first kappa shape index (κ1) is 18.8. The number of fused-ring (bicyclic) bond motifs is 1. The fourth-order valence-corrected chi connectivity index (χ4v) is 5.24. The number of hydrogen-bond acceptors (Lipinski definition) is 8. The topological polar surface area (TPSA) is 125 Å². The van der Waals surface area contributed by atoms with Crippen molar-refractivity contribution in [1.29, 1.82) is 0 Å². The van der Waals surface area contributed by atoms with Crippen molar-refractivity contribution in [2.45, 2.75) is 43.5 Å². The van der Waals surface area contributed by atoms with E-state index in [4.69, 9.17) is 5.21 Å². The molecule has 3 rings (SSSR count). The number of nitrogens with one attached hydrogen (secondary N) is 1. The van der Waals surface area contributed by atoms with Gasteiger partial charge in [0.1, 0.15) is 5.69 Å². The van der Waals surface area contributed by atoms with Crippen molar-refractivity contribution in [2.75, 3.05) is 6.54 Å². The smallest absolute Gasteiger partial charge is 0.288 e. The average molecular weight is 397 g/mol. The molecule has 0 aliphatic carbocycles. The summed E-state index contributed by atoms with van der Waals surface area (Å²) in [6.45, 7) is 6.22. The quantitative estimate of drug-likeness (QED) is 0.587. The minimum atomic E-state index is -3.72. The number of hydrogen-bond donors (Lipinski definition) is 2. The number of thiazole rings is 1. The van der Waals surface area contributed by atoms with Gasteiger partial charge in [-0.05, 0) is 0 Å². The maximum Gasteiger partial charge on any atom is 0.294 e. The number of hydroxylamine groups is 1. The van der Waals surface area contributed by atoms with E-state index in [-0.39, 0.29) is 28.5 Å². The summed E-state index contributed by atoms with van der Waals surface area (Å²) in [6.07, 6.45) is 1.53. The summed E-state index contributed by atoms with van der Waals surface area (Å²) in [5.41, 5.74) is 3.03. The Kier molecular flexibility index (Phi) is 4.82. The summed E-state index contributed by atoms with van der Waals surface area (Å²) in [6, 6.07) is 0. The molecule has 2 aromatic rings. The molecule has 0 unspecified atom stereocenters. The standard InChI is InChI=1S/C15H19N5O4S2/c1-15(2,3)12-8-25-14(18-12)26(23,24)20-5-4-9-11(7-20)16-6-10(17-9)13(21)19-22/h6,8,22H,4-5,7H2,1-3H3,(H,19,21). The number of amides is 1. The van der Waals surface area contributed by atoms with Gasteiger partial charge in [-0.1, -0.05) is 20.8 Å². The van der Waals surface area contributed by atoms with Crippen LogP contribution in [-0.2, 0) is 28.4 Å². The lowest BCUT2D eigenvalue weighted by molar-refractivity contribution is 0.0699. The van der Waals surface area contributed by atoms with Gasteiger partial charge in [0.2, 0.25) is 4.34 Å². The van der Waals surface area contributed by atoms with E-state index in [0.717, 1.165) is 17.0 Å². The van der Waals surface area contributed by atoms with Crippen LogP contribution in [0.5, 0.6) is 0 Å².